The van der Waals surface area contributed by atoms with Crippen molar-refractivity contribution in [3.8, 4) is 5.75 Å². The minimum absolute atomic E-state index is 0.00760. The van der Waals surface area contributed by atoms with E-state index in [1.54, 1.807) is 0 Å². The fourth-order valence-corrected chi connectivity index (χ4v) is 3.46. The van der Waals surface area contributed by atoms with E-state index >= 15 is 0 Å². The number of carbonyl (C=O) groups excluding carboxylic acids is 1. The number of ether oxygens (including phenoxy) is 1. The van der Waals surface area contributed by atoms with Crippen molar-refractivity contribution in [2.75, 3.05) is 32.8 Å². The summed E-state index contributed by atoms with van der Waals surface area (Å²) in [5, 5.41) is 5.09. The van der Waals surface area contributed by atoms with Crippen LogP contribution in [0.3, 0.4) is 0 Å². The zero-order valence-electron chi connectivity index (χ0n) is 15.8. The molecule has 1 aliphatic heterocycles. The highest BCUT2D eigenvalue weighted by Gasteiger charge is 2.09. The number of hydrogen-bond acceptors (Lipinski definition) is 3. The summed E-state index contributed by atoms with van der Waals surface area (Å²) in [6.45, 7) is 7.12. The lowest BCUT2D eigenvalue weighted by Crippen LogP contribution is -2.31. The van der Waals surface area contributed by atoms with Crippen LogP contribution < -0.4 is 10.1 Å². The minimum Gasteiger partial charge on any atom is -0.494 e. The zero-order chi connectivity index (χ0) is 18.2. The molecule has 1 fully saturated rings. The molecule has 140 valence electrons. The summed E-state index contributed by atoms with van der Waals surface area (Å²) in [5.41, 5.74) is 0.709. The first-order chi connectivity index (χ1) is 12.8. The highest BCUT2D eigenvalue weighted by atomic mass is 16.5. The lowest BCUT2D eigenvalue weighted by molar-refractivity contribution is 0.0954. The second-order valence-electron chi connectivity index (χ2n) is 7.08. The first-order valence-electron chi connectivity index (χ1n) is 9.93. The van der Waals surface area contributed by atoms with Crippen LogP contribution in [0.15, 0.2) is 36.4 Å². The number of amides is 1. The average Bonchev–Trinajstić information content (AvgIpc) is 2.69. The van der Waals surface area contributed by atoms with Crippen LogP contribution in [0, 0.1) is 0 Å². The molecule has 0 aromatic heterocycles. The summed E-state index contributed by atoms with van der Waals surface area (Å²) in [6, 6.07) is 11.9. The summed E-state index contributed by atoms with van der Waals surface area (Å²) >= 11 is 0. The molecule has 1 N–H and O–H groups in total. The molecule has 4 heteroatoms. The van der Waals surface area contributed by atoms with Crippen LogP contribution in [0.4, 0.5) is 0 Å². The maximum Gasteiger partial charge on any atom is 0.251 e. The fraction of sp³-hybridized carbons (Fsp3) is 0.500. The topological polar surface area (TPSA) is 41.6 Å². The van der Waals surface area contributed by atoms with Crippen molar-refractivity contribution in [3.63, 3.8) is 0 Å². The van der Waals surface area contributed by atoms with Crippen LogP contribution in [0.2, 0.25) is 0 Å². The lowest BCUT2D eigenvalue weighted by Gasteiger charge is -2.26. The predicted octanol–water partition coefficient (Wildman–Crippen LogP) is 4.23. The number of nitrogens with one attached hydrogen (secondary N) is 1. The SMILES string of the molecule is CCCNC(=O)c1ccc2cc(OCCCN3CCCCC3)ccc2c1. The number of likely N-dealkylation sites (tertiary alicyclic amines) is 1. The highest BCUT2D eigenvalue weighted by molar-refractivity contribution is 5.98. The number of rotatable bonds is 8. The predicted molar refractivity (Wildman–Crippen MR) is 107 cm³/mol. The maximum atomic E-state index is 12.1. The molecule has 4 nitrogen and oxygen atoms in total. The van der Waals surface area contributed by atoms with Crippen LogP contribution in [-0.2, 0) is 0 Å². The van der Waals surface area contributed by atoms with Gasteiger partial charge in [-0.3, -0.25) is 4.79 Å². The van der Waals surface area contributed by atoms with Gasteiger partial charge in [-0.05, 0) is 73.8 Å². The molecule has 2 aromatic rings. The van der Waals surface area contributed by atoms with Gasteiger partial charge in [0.25, 0.3) is 5.91 Å². The van der Waals surface area contributed by atoms with Crippen molar-refractivity contribution in [1.82, 2.24) is 10.2 Å². The number of carbonyl (C=O) groups is 1. The summed E-state index contributed by atoms with van der Waals surface area (Å²) < 4.78 is 5.93. The molecule has 3 rings (SSSR count). The van der Waals surface area contributed by atoms with Gasteiger partial charge in [0.15, 0.2) is 0 Å². The smallest absolute Gasteiger partial charge is 0.251 e. The van der Waals surface area contributed by atoms with E-state index in [2.05, 4.69) is 23.2 Å². The molecule has 1 saturated heterocycles. The summed E-state index contributed by atoms with van der Waals surface area (Å²) in [7, 11) is 0. The number of hydrogen-bond donors (Lipinski definition) is 1. The van der Waals surface area contributed by atoms with Crippen LogP contribution >= 0.6 is 0 Å². The number of benzene rings is 2. The van der Waals surface area contributed by atoms with Crippen LogP contribution in [0.25, 0.3) is 10.8 Å². The Morgan fingerprint density at radius 3 is 2.65 bits per heavy atom. The number of piperidine rings is 1. The summed E-state index contributed by atoms with van der Waals surface area (Å²) in [5.74, 6) is 0.895. The van der Waals surface area contributed by atoms with Gasteiger partial charge in [-0.2, -0.15) is 0 Å². The molecular formula is C22H30N2O2. The third-order valence-corrected chi connectivity index (χ3v) is 4.95. The molecule has 1 aliphatic rings. The normalized spacial score (nSPS) is 15.1. The Morgan fingerprint density at radius 2 is 1.85 bits per heavy atom. The molecule has 0 spiro atoms. The molecule has 26 heavy (non-hydrogen) atoms. The number of nitrogens with zero attached hydrogens (tertiary/aromatic N) is 1. The van der Waals surface area contributed by atoms with Gasteiger partial charge in [0.05, 0.1) is 6.61 Å². The molecule has 0 unspecified atom stereocenters. The van der Waals surface area contributed by atoms with Crippen LogP contribution in [0.5, 0.6) is 5.75 Å². The van der Waals surface area contributed by atoms with Crippen LogP contribution in [0.1, 0.15) is 49.4 Å². The van der Waals surface area contributed by atoms with E-state index in [4.69, 9.17) is 4.74 Å². The number of fused-ring (bicyclic) bond motifs is 1. The monoisotopic (exact) mass is 354 g/mol. The van der Waals surface area contributed by atoms with E-state index in [1.165, 1.54) is 32.4 Å². The minimum atomic E-state index is -0.00760. The van der Waals surface area contributed by atoms with Gasteiger partial charge < -0.3 is 15.0 Å². The van der Waals surface area contributed by atoms with E-state index < -0.39 is 0 Å². The zero-order valence-corrected chi connectivity index (χ0v) is 15.8. The molecular weight excluding hydrogens is 324 g/mol. The van der Waals surface area contributed by atoms with Gasteiger partial charge in [-0.25, -0.2) is 0 Å². The van der Waals surface area contributed by atoms with Crippen molar-refractivity contribution in [1.29, 1.82) is 0 Å². The van der Waals surface area contributed by atoms with Crippen molar-refractivity contribution >= 4 is 16.7 Å². The van der Waals surface area contributed by atoms with Crippen molar-refractivity contribution < 1.29 is 9.53 Å². The molecule has 2 aromatic carbocycles. The standard InChI is InChI=1S/C22H30N2O2/c1-2-11-23-22(25)20-8-7-19-17-21(10-9-18(19)16-20)26-15-6-14-24-12-4-3-5-13-24/h7-10,16-17H,2-6,11-15H2,1H3,(H,23,25). The Balaban J connectivity index is 1.52. The fourth-order valence-electron chi connectivity index (χ4n) is 3.46. The first-order valence-corrected chi connectivity index (χ1v) is 9.93. The Kier molecular flexibility index (Phi) is 6.89. The van der Waals surface area contributed by atoms with Gasteiger partial charge in [0.2, 0.25) is 0 Å². The Hall–Kier alpha value is -2.07. The highest BCUT2D eigenvalue weighted by Crippen LogP contribution is 2.22. The van der Waals surface area contributed by atoms with E-state index in [0.717, 1.165) is 42.5 Å². The molecule has 1 heterocycles. The first kappa shape index (κ1) is 18.7. The summed E-state index contributed by atoms with van der Waals surface area (Å²) in [4.78, 5) is 14.6. The maximum absolute atomic E-state index is 12.1. The molecule has 0 bridgehead atoms. The van der Waals surface area contributed by atoms with Crippen molar-refractivity contribution in [2.45, 2.75) is 39.0 Å². The van der Waals surface area contributed by atoms with E-state index in [9.17, 15) is 4.79 Å². The van der Waals surface area contributed by atoms with Gasteiger partial charge in [-0.1, -0.05) is 25.5 Å². The largest absolute Gasteiger partial charge is 0.494 e. The molecule has 1 amide bonds. The van der Waals surface area contributed by atoms with Gasteiger partial charge >= 0.3 is 0 Å². The third-order valence-electron chi connectivity index (χ3n) is 4.95. The lowest BCUT2D eigenvalue weighted by atomic mass is 10.1. The quantitative estimate of drug-likeness (QED) is 0.721. The average molecular weight is 354 g/mol. The van der Waals surface area contributed by atoms with Gasteiger partial charge in [0, 0.05) is 18.7 Å². The van der Waals surface area contributed by atoms with E-state index in [1.807, 2.05) is 30.3 Å². The Labute approximate surface area is 156 Å². The molecule has 0 atom stereocenters. The Morgan fingerprint density at radius 1 is 1.08 bits per heavy atom. The molecule has 0 aliphatic carbocycles. The van der Waals surface area contributed by atoms with E-state index in [-0.39, 0.29) is 5.91 Å². The summed E-state index contributed by atoms with van der Waals surface area (Å²) in [6.07, 6.45) is 6.06. The van der Waals surface area contributed by atoms with Crippen LogP contribution in [-0.4, -0.2) is 43.6 Å². The third kappa shape index (κ3) is 5.21. The van der Waals surface area contributed by atoms with Crippen molar-refractivity contribution in [2.24, 2.45) is 0 Å². The van der Waals surface area contributed by atoms with Crippen molar-refractivity contribution in [3.05, 3.63) is 42.0 Å². The van der Waals surface area contributed by atoms with Gasteiger partial charge in [-0.15, -0.1) is 0 Å². The molecule has 0 radical (unpaired) electrons. The van der Waals surface area contributed by atoms with Gasteiger partial charge in [0.1, 0.15) is 5.75 Å². The Bertz CT molecular complexity index is 723. The second kappa shape index (κ2) is 9.58. The second-order valence-corrected chi connectivity index (χ2v) is 7.08. The van der Waals surface area contributed by atoms with E-state index in [0.29, 0.717) is 12.1 Å². The molecule has 0 saturated carbocycles.